The van der Waals surface area contributed by atoms with Gasteiger partial charge in [-0.25, -0.2) is 0 Å². The molecule has 1 nitrogen and oxygen atoms in total. The van der Waals surface area contributed by atoms with Crippen LogP contribution in [0.4, 0.5) is 11.4 Å². The molecule has 0 amide bonds. The first-order chi connectivity index (χ1) is 16.8. The first kappa shape index (κ1) is 19.3. The Morgan fingerprint density at radius 2 is 1.18 bits per heavy atom. The Hall–Kier alpha value is -4.14. The van der Waals surface area contributed by atoms with Crippen LogP contribution >= 0.6 is 11.3 Å². The maximum Gasteiger partial charge on any atom is 0.0590 e. The molecule has 1 aromatic heterocycles. The molecule has 2 heteroatoms. The van der Waals surface area contributed by atoms with Gasteiger partial charge in [0.15, 0.2) is 0 Å². The normalized spacial score (nSPS) is 11.5. The molecule has 1 N–H and O–H groups in total. The van der Waals surface area contributed by atoms with Crippen LogP contribution in [0.2, 0.25) is 0 Å². The van der Waals surface area contributed by atoms with Crippen LogP contribution in [0.3, 0.4) is 0 Å². The molecule has 0 aliphatic carbocycles. The molecule has 7 aromatic rings. The number of thiophene rings is 1. The molecule has 6 aromatic carbocycles. The lowest BCUT2D eigenvalue weighted by Gasteiger charge is -2.10. The molecule has 0 fully saturated rings. The minimum absolute atomic E-state index is 1.10. The zero-order chi connectivity index (χ0) is 22.5. The van der Waals surface area contributed by atoms with Gasteiger partial charge in [0.25, 0.3) is 0 Å². The van der Waals surface area contributed by atoms with Crippen LogP contribution < -0.4 is 5.32 Å². The van der Waals surface area contributed by atoms with Crippen LogP contribution in [0.1, 0.15) is 0 Å². The SMILES string of the molecule is c1cc(Nc2cccc3c2sc2cc4ccccc4cc23)cc(-c2ccc3ccccc3c2)c1. The molecule has 0 radical (unpaired) electrons. The van der Waals surface area contributed by atoms with Crippen molar-refractivity contribution in [3.05, 3.63) is 121 Å². The Bertz CT molecular complexity index is 1840. The second kappa shape index (κ2) is 7.72. The highest BCUT2D eigenvalue weighted by Gasteiger charge is 2.11. The number of rotatable bonds is 3. The van der Waals surface area contributed by atoms with Crippen molar-refractivity contribution in [2.45, 2.75) is 0 Å². The minimum atomic E-state index is 1.10. The van der Waals surface area contributed by atoms with Crippen molar-refractivity contribution in [2.24, 2.45) is 0 Å². The number of anilines is 2. The van der Waals surface area contributed by atoms with Crippen LogP contribution in [0, 0.1) is 0 Å². The second-order valence-electron chi connectivity index (χ2n) is 8.75. The van der Waals surface area contributed by atoms with Gasteiger partial charge in [0.05, 0.1) is 10.4 Å². The van der Waals surface area contributed by atoms with E-state index in [2.05, 4.69) is 127 Å². The van der Waals surface area contributed by atoms with Gasteiger partial charge in [-0.1, -0.05) is 84.9 Å². The fraction of sp³-hybridized carbons (Fsp3) is 0. The third kappa shape index (κ3) is 3.23. The Labute approximate surface area is 201 Å². The topological polar surface area (TPSA) is 12.0 Å². The summed E-state index contributed by atoms with van der Waals surface area (Å²) in [6.07, 6.45) is 0. The monoisotopic (exact) mass is 451 g/mol. The molecular formula is C32H21NS. The third-order valence-electron chi connectivity index (χ3n) is 6.59. The highest BCUT2D eigenvalue weighted by Crippen LogP contribution is 2.41. The van der Waals surface area contributed by atoms with Crippen molar-refractivity contribution in [2.75, 3.05) is 5.32 Å². The average Bonchev–Trinajstić information content (AvgIpc) is 3.26. The van der Waals surface area contributed by atoms with Crippen LogP contribution in [0.25, 0.3) is 52.8 Å². The fourth-order valence-corrected chi connectivity index (χ4v) is 6.08. The van der Waals surface area contributed by atoms with Gasteiger partial charge in [-0.05, 0) is 69.1 Å². The number of benzene rings is 6. The van der Waals surface area contributed by atoms with Gasteiger partial charge in [-0.15, -0.1) is 11.3 Å². The summed E-state index contributed by atoms with van der Waals surface area (Å²) in [6, 6.07) is 43.7. The van der Waals surface area contributed by atoms with Crippen molar-refractivity contribution in [1.29, 1.82) is 0 Å². The van der Waals surface area contributed by atoms with Crippen molar-refractivity contribution in [3.63, 3.8) is 0 Å². The molecule has 34 heavy (non-hydrogen) atoms. The summed E-state index contributed by atoms with van der Waals surface area (Å²) < 4.78 is 2.62. The van der Waals surface area contributed by atoms with E-state index in [-0.39, 0.29) is 0 Å². The molecule has 1 heterocycles. The molecule has 0 spiro atoms. The zero-order valence-electron chi connectivity index (χ0n) is 18.5. The smallest absolute Gasteiger partial charge is 0.0590 e. The molecule has 0 bridgehead atoms. The molecule has 0 saturated carbocycles. The summed E-state index contributed by atoms with van der Waals surface area (Å²) in [5.41, 5.74) is 4.69. The molecule has 0 atom stereocenters. The Kier molecular flexibility index (Phi) is 4.39. The van der Waals surface area contributed by atoms with Crippen molar-refractivity contribution < 1.29 is 0 Å². The largest absolute Gasteiger partial charge is 0.354 e. The first-order valence-corrected chi connectivity index (χ1v) is 12.3. The summed E-state index contributed by atoms with van der Waals surface area (Å²) in [5, 5.41) is 11.5. The van der Waals surface area contributed by atoms with Crippen molar-refractivity contribution >= 4 is 64.4 Å². The number of nitrogens with one attached hydrogen (secondary N) is 1. The molecule has 160 valence electrons. The Balaban J connectivity index is 1.30. The van der Waals surface area contributed by atoms with Gasteiger partial charge in [0.2, 0.25) is 0 Å². The maximum atomic E-state index is 3.71. The van der Waals surface area contributed by atoms with E-state index >= 15 is 0 Å². The van der Waals surface area contributed by atoms with E-state index in [9.17, 15) is 0 Å². The Morgan fingerprint density at radius 1 is 0.471 bits per heavy atom. The van der Waals surface area contributed by atoms with E-state index in [1.54, 1.807) is 0 Å². The van der Waals surface area contributed by atoms with Crippen LogP contribution in [0.15, 0.2) is 121 Å². The van der Waals surface area contributed by atoms with Crippen molar-refractivity contribution in [1.82, 2.24) is 0 Å². The average molecular weight is 452 g/mol. The summed E-state index contributed by atoms with van der Waals surface area (Å²) in [5.74, 6) is 0. The second-order valence-corrected chi connectivity index (χ2v) is 9.80. The number of hydrogen-bond donors (Lipinski definition) is 1. The van der Waals surface area contributed by atoms with Crippen LogP contribution in [-0.2, 0) is 0 Å². The number of hydrogen-bond acceptors (Lipinski definition) is 2. The zero-order valence-corrected chi connectivity index (χ0v) is 19.3. The fourth-order valence-electron chi connectivity index (χ4n) is 4.88. The maximum absolute atomic E-state index is 3.71. The summed E-state index contributed by atoms with van der Waals surface area (Å²) in [6.45, 7) is 0. The van der Waals surface area contributed by atoms with Gasteiger partial charge in [0, 0.05) is 21.2 Å². The third-order valence-corrected chi connectivity index (χ3v) is 7.79. The van der Waals surface area contributed by atoms with E-state index in [1.165, 1.54) is 52.8 Å². The summed E-state index contributed by atoms with van der Waals surface area (Å²) >= 11 is 1.86. The molecule has 0 aliphatic rings. The predicted molar refractivity (Wildman–Crippen MR) is 150 cm³/mol. The van der Waals surface area contributed by atoms with E-state index < -0.39 is 0 Å². The van der Waals surface area contributed by atoms with E-state index in [0.29, 0.717) is 0 Å². The van der Waals surface area contributed by atoms with Crippen LogP contribution in [0.5, 0.6) is 0 Å². The highest BCUT2D eigenvalue weighted by molar-refractivity contribution is 7.26. The lowest BCUT2D eigenvalue weighted by Crippen LogP contribution is -1.91. The molecule has 0 saturated heterocycles. The van der Waals surface area contributed by atoms with Gasteiger partial charge in [-0.2, -0.15) is 0 Å². The van der Waals surface area contributed by atoms with E-state index in [1.807, 2.05) is 11.3 Å². The lowest BCUT2D eigenvalue weighted by molar-refractivity contribution is 1.57. The summed E-state index contributed by atoms with van der Waals surface area (Å²) in [7, 11) is 0. The number of fused-ring (bicyclic) bond motifs is 5. The first-order valence-electron chi connectivity index (χ1n) is 11.5. The standard InChI is InChI=1S/C32H21NS/c1-2-8-22-17-26(16-15-21(22)7-1)23-11-5-12-27(18-23)33-30-14-6-13-28-29-19-24-9-3-4-10-25(24)20-31(29)34-32(28)30/h1-20,33H. The summed E-state index contributed by atoms with van der Waals surface area (Å²) in [4.78, 5) is 0. The van der Waals surface area contributed by atoms with Gasteiger partial charge in [-0.3, -0.25) is 0 Å². The minimum Gasteiger partial charge on any atom is -0.354 e. The quantitative estimate of drug-likeness (QED) is 0.282. The lowest BCUT2D eigenvalue weighted by atomic mass is 10.0. The molecule has 0 unspecified atom stereocenters. The van der Waals surface area contributed by atoms with E-state index in [0.717, 1.165) is 11.4 Å². The van der Waals surface area contributed by atoms with Crippen LogP contribution in [-0.4, -0.2) is 0 Å². The predicted octanol–water partition coefficient (Wildman–Crippen LogP) is 9.77. The van der Waals surface area contributed by atoms with E-state index in [4.69, 9.17) is 0 Å². The molecule has 7 rings (SSSR count). The van der Waals surface area contributed by atoms with Gasteiger partial charge >= 0.3 is 0 Å². The van der Waals surface area contributed by atoms with Crippen molar-refractivity contribution in [3.8, 4) is 11.1 Å². The van der Waals surface area contributed by atoms with Gasteiger partial charge < -0.3 is 5.32 Å². The highest BCUT2D eigenvalue weighted by atomic mass is 32.1. The van der Waals surface area contributed by atoms with Gasteiger partial charge in [0.1, 0.15) is 0 Å². The molecular weight excluding hydrogens is 430 g/mol. The molecule has 0 aliphatic heterocycles. The Morgan fingerprint density at radius 3 is 2.03 bits per heavy atom.